The molecular weight excluding hydrogens is 274 g/mol. The Hall–Kier alpha value is -1.62. The van der Waals surface area contributed by atoms with Gasteiger partial charge >= 0.3 is 0 Å². The van der Waals surface area contributed by atoms with Crippen molar-refractivity contribution in [3.05, 3.63) is 35.4 Å². The van der Waals surface area contributed by atoms with Crippen LogP contribution in [-0.2, 0) is 0 Å². The molecule has 20 heavy (non-hydrogen) atoms. The number of hydrogen-bond donors (Lipinski definition) is 0. The van der Waals surface area contributed by atoms with Crippen molar-refractivity contribution in [1.29, 1.82) is 0 Å². The minimum Gasteiger partial charge on any atom is -0.368 e. The van der Waals surface area contributed by atoms with Crippen molar-refractivity contribution in [3.63, 3.8) is 0 Å². The Morgan fingerprint density at radius 1 is 1.25 bits per heavy atom. The van der Waals surface area contributed by atoms with Gasteiger partial charge in [-0.15, -0.1) is 5.10 Å². The van der Waals surface area contributed by atoms with E-state index >= 15 is 0 Å². The molecule has 2 fully saturated rings. The summed E-state index contributed by atoms with van der Waals surface area (Å²) in [5, 5.41) is 9.31. The highest BCUT2D eigenvalue weighted by atomic mass is 35.5. The number of halogens is 1. The van der Waals surface area contributed by atoms with Gasteiger partial charge in [-0.05, 0) is 25.3 Å². The molecule has 0 bridgehead atoms. The van der Waals surface area contributed by atoms with E-state index in [4.69, 9.17) is 11.6 Å². The van der Waals surface area contributed by atoms with Gasteiger partial charge in [-0.2, -0.15) is 0 Å². The summed E-state index contributed by atoms with van der Waals surface area (Å²) in [6.45, 7) is 1.92. The molecule has 5 nitrogen and oxygen atoms in total. The van der Waals surface area contributed by atoms with Crippen LogP contribution in [0.4, 0.5) is 5.69 Å². The number of rotatable bonds is 3. The van der Waals surface area contributed by atoms with E-state index in [1.807, 2.05) is 10.7 Å². The lowest BCUT2D eigenvalue weighted by atomic mass is 10.2. The summed E-state index contributed by atoms with van der Waals surface area (Å²) in [5.41, 5.74) is 2.22. The molecule has 3 heterocycles. The Bertz CT molecular complexity index is 622. The Kier molecular flexibility index (Phi) is 2.88. The second-order valence-corrected chi connectivity index (χ2v) is 6.02. The van der Waals surface area contributed by atoms with E-state index in [2.05, 4.69) is 26.4 Å². The molecule has 1 aliphatic carbocycles. The molecule has 2 aromatic heterocycles. The van der Waals surface area contributed by atoms with Gasteiger partial charge in [-0.3, -0.25) is 4.98 Å². The average Bonchev–Trinajstić information content (AvgIpc) is 3.01. The molecule has 1 unspecified atom stereocenters. The Balaban J connectivity index is 1.51. The fourth-order valence-corrected chi connectivity index (χ4v) is 3.07. The van der Waals surface area contributed by atoms with Gasteiger partial charge in [0.1, 0.15) is 0 Å². The van der Waals surface area contributed by atoms with Crippen molar-refractivity contribution in [3.8, 4) is 0 Å². The van der Waals surface area contributed by atoms with Gasteiger partial charge in [-0.1, -0.05) is 16.8 Å². The van der Waals surface area contributed by atoms with Gasteiger partial charge in [0, 0.05) is 37.6 Å². The summed E-state index contributed by atoms with van der Waals surface area (Å²) in [6.07, 6.45) is 9.22. The Labute approximate surface area is 122 Å². The first-order valence-electron chi connectivity index (χ1n) is 7.07. The van der Waals surface area contributed by atoms with E-state index in [0.29, 0.717) is 17.0 Å². The number of nitrogens with zero attached hydrogens (tertiary/aromatic N) is 5. The third kappa shape index (κ3) is 2.16. The molecule has 0 radical (unpaired) electrons. The van der Waals surface area contributed by atoms with Crippen molar-refractivity contribution < 1.29 is 0 Å². The maximum Gasteiger partial charge on any atom is 0.0858 e. The van der Waals surface area contributed by atoms with Crippen LogP contribution in [0.2, 0.25) is 5.02 Å². The largest absolute Gasteiger partial charge is 0.368 e. The molecule has 2 aromatic rings. The third-order valence-corrected chi connectivity index (χ3v) is 4.44. The summed E-state index contributed by atoms with van der Waals surface area (Å²) in [7, 11) is 0. The van der Waals surface area contributed by atoms with Crippen molar-refractivity contribution in [2.45, 2.75) is 31.2 Å². The van der Waals surface area contributed by atoms with Crippen LogP contribution in [0, 0.1) is 0 Å². The van der Waals surface area contributed by atoms with Crippen LogP contribution in [0.15, 0.2) is 24.7 Å². The summed E-state index contributed by atoms with van der Waals surface area (Å²) in [6, 6.07) is 2.36. The summed E-state index contributed by atoms with van der Waals surface area (Å²) < 4.78 is 2.03. The second kappa shape index (κ2) is 4.74. The molecule has 6 heteroatoms. The minimum atomic E-state index is 0.388. The lowest BCUT2D eigenvalue weighted by Gasteiger charge is -2.19. The summed E-state index contributed by atoms with van der Waals surface area (Å²) in [5.74, 6) is 0.663. The maximum absolute atomic E-state index is 6.21. The van der Waals surface area contributed by atoms with Crippen LogP contribution in [0.1, 0.15) is 36.9 Å². The monoisotopic (exact) mass is 289 g/mol. The normalized spacial score (nSPS) is 22.4. The first-order chi connectivity index (χ1) is 9.81. The van der Waals surface area contributed by atoms with Gasteiger partial charge in [0.2, 0.25) is 0 Å². The van der Waals surface area contributed by atoms with E-state index in [9.17, 15) is 0 Å². The standard InChI is InChI=1S/C14H16ClN5/c15-12-7-16-5-3-14(12)19-6-4-11(8-19)20-9-13(17-18-20)10-1-2-10/h3,5,7,9-11H,1-2,4,6,8H2. The Morgan fingerprint density at radius 3 is 2.95 bits per heavy atom. The topological polar surface area (TPSA) is 46.8 Å². The molecule has 0 aromatic carbocycles. The van der Waals surface area contributed by atoms with Gasteiger partial charge in [0.05, 0.1) is 22.4 Å². The number of anilines is 1. The van der Waals surface area contributed by atoms with Crippen molar-refractivity contribution in [1.82, 2.24) is 20.0 Å². The minimum absolute atomic E-state index is 0.388. The SMILES string of the molecule is Clc1cnccc1N1CCC(n2cc(C3CC3)nn2)C1. The third-order valence-electron chi connectivity index (χ3n) is 4.15. The molecule has 1 saturated carbocycles. The number of pyridine rings is 1. The zero-order valence-corrected chi connectivity index (χ0v) is 11.9. The van der Waals surface area contributed by atoms with Crippen LogP contribution >= 0.6 is 11.6 Å². The van der Waals surface area contributed by atoms with E-state index in [-0.39, 0.29) is 0 Å². The molecule has 1 saturated heterocycles. The molecule has 0 N–H and O–H groups in total. The average molecular weight is 290 g/mol. The zero-order chi connectivity index (χ0) is 13.5. The van der Waals surface area contributed by atoms with Gasteiger partial charge in [-0.25, -0.2) is 4.68 Å². The highest BCUT2D eigenvalue weighted by molar-refractivity contribution is 6.33. The highest BCUT2D eigenvalue weighted by Crippen LogP contribution is 2.39. The van der Waals surface area contributed by atoms with Crippen LogP contribution in [0.5, 0.6) is 0 Å². The van der Waals surface area contributed by atoms with Gasteiger partial charge in [0.15, 0.2) is 0 Å². The first kappa shape index (κ1) is 12.1. The van der Waals surface area contributed by atoms with Gasteiger partial charge in [0.25, 0.3) is 0 Å². The second-order valence-electron chi connectivity index (χ2n) is 5.61. The lowest BCUT2D eigenvalue weighted by Crippen LogP contribution is -2.21. The quantitative estimate of drug-likeness (QED) is 0.871. The molecule has 1 atom stereocenters. The molecule has 0 amide bonds. The molecule has 4 rings (SSSR count). The maximum atomic E-state index is 6.21. The van der Waals surface area contributed by atoms with E-state index < -0.39 is 0 Å². The zero-order valence-electron chi connectivity index (χ0n) is 11.1. The van der Waals surface area contributed by atoms with Crippen LogP contribution in [-0.4, -0.2) is 33.1 Å². The first-order valence-corrected chi connectivity index (χ1v) is 7.45. The van der Waals surface area contributed by atoms with Crippen LogP contribution < -0.4 is 4.90 Å². The summed E-state index contributed by atoms with van der Waals surface area (Å²) >= 11 is 6.21. The summed E-state index contributed by atoms with van der Waals surface area (Å²) in [4.78, 5) is 6.34. The molecule has 0 spiro atoms. The molecule has 2 aliphatic rings. The van der Waals surface area contributed by atoms with Crippen LogP contribution in [0.25, 0.3) is 0 Å². The predicted molar refractivity (Wildman–Crippen MR) is 77.1 cm³/mol. The lowest BCUT2D eigenvalue weighted by molar-refractivity contribution is 0.479. The Morgan fingerprint density at radius 2 is 2.15 bits per heavy atom. The fourth-order valence-electron chi connectivity index (χ4n) is 2.84. The molecule has 1 aliphatic heterocycles. The predicted octanol–water partition coefficient (Wildman–Crippen LogP) is 2.66. The molecular formula is C14H16ClN5. The molecule has 104 valence electrons. The number of aromatic nitrogens is 4. The number of hydrogen-bond acceptors (Lipinski definition) is 4. The van der Waals surface area contributed by atoms with Crippen molar-refractivity contribution in [2.75, 3.05) is 18.0 Å². The van der Waals surface area contributed by atoms with E-state index in [0.717, 1.165) is 30.9 Å². The van der Waals surface area contributed by atoms with Gasteiger partial charge < -0.3 is 4.90 Å². The van der Waals surface area contributed by atoms with E-state index in [1.165, 1.54) is 12.8 Å². The fraction of sp³-hybridized carbons (Fsp3) is 0.500. The smallest absolute Gasteiger partial charge is 0.0858 e. The van der Waals surface area contributed by atoms with E-state index in [1.54, 1.807) is 12.4 Å². The van der Waals surface area contributed by atoms with Crippen LogP contribution in [0.3, 0.4) is 0 Å². The van der Waals surface area contributed by atoms with Crippen molar-refractivity contribution >= 4 is 17.3 Å². The van der Waals surface area contributed by atoms with Crippen molar-refractivity contribution in [2.24, 2.45) is 0 Å². The highest BCUT2D eigenvalue weighted by Gasteiger charge is 2.30.